The highest BCUT2D eigenvalue weighted by atomic mass is 16.1. The van der Waals surface area contributed by atoms with E-state index in [2.05, 4.69) is 31.2 Å². The van der Waals surface area contributed by atoms with Gasteiger partial charge in [-0.15, -0.1) is 0 Å². The quantitative estimate of drug-likeness (QED) is 0.860. The first-order chi connectivity index (χ1) is 11.2. The van der Waals surface area contributed by atoms with Crippen molar-refractivity contribution in [1.82, 2.24) is 4.57 Å². The van der Waals surface area contributed by atoms with E-state index in [0.29, 0.717) is 12.1 Å². The fraction of sp³-hybridized carbons (Fsp3) is 0.400. The van der Waals surface area contributed by atoms with E-state index < -0.39 is 0 Å². The second-order valence-electron chi connectivity index (χ2n) is 6.23. The fourth-order valence-corrected chi connectivity index (χ4v) is 3.43. The fourth-order valence-electron chi connectivity index (χ4n) is 3.43. The molecule has 3 rings (SSSR count). The second-order valence-corrected chi connectivity index (χ2v) is 6.23. The van der Waals surface area contributed by atoms with Crippen molar-refractivity contribution in [1.29, 1.82) is 5.26 Å². The zero-order valence-corrected chi connectivity index (χ0v) is 13.6. The summed E-state index contributed by atoms with van der Waals surface area (Å²) in [6, 6.07) is 12.5. The van der Waals surface area contributed by atoms with Crippen LogP contribution in [0.2, 0.25) is 0 Å². The third-order valence-corrected chi connectivity index (χ3v) is 4.61. The van der Waals surface area contributed by atoms with Crippen LogP contribution in [0.3, 0.4) is 0 Å². The molecular weight excluding hydrogens is 284 g/mol. The lowest BCUT2D eigenvalue weighted by Gasteiger charge is -2.19. The largest absolute Gasteiger partial charge is 0.308 e. The number of aryl methyl sites for hydroxylation is 2. The summed E-state index contributed by atoms with van der Waals surface area (Å²) in [6.45, 7) is 2.75. The summed E-state index contributed by atoms with van der Waals surface area (Å²) in [4.78, 5) is 12.6. The minimum atomic E-state index is -0.0244. The van der Waals surface area contributed by atoms with E-state index in [1.54, 1.807) is 0 Å². The number of rotatable bonds is 4. The first kappa shape index (κ1) is 15.6. The molecule has 1 aliphatic rings. The molecule has 0 radical (unpaired) electrons. The van der Waals surface area contributed by atoms with Crippen molar-refractivity contribution in [2.45, 2.75) is 52.0 Å². The Morgan fingerprint density at radius 2 is 1.91 bits per heavy atom. The van der Waals surface area contributed by atoms with Gasteiger partial charge in [-0.05, 0) is 60.9 Å². The number of nitriles is 1. The van der Waals surface area contributed by atoms with Crippen LogP contribution in [0.1, 0.15) is 42.9 Å². The molecular formula is C20H22N2O. The molecule has 1 aromatic carbocycles. The van der Waals surface area contributed by atoms with Gasteiger partial charge in [0, 0.05) is 12.1 Å². The van der Waals surface area contributed by atoms with Crippen molar-refractivity contribution < 1.29 is 0 Å². The Morgan fingerprint density at radius 1 is 1.13 bits per heavy atom. The summed E-state index contributed by atoms with van der Waals surface area (Å²) in [5.41, 5.74) is 5.51. The minimum absolute atomic E-state index is 0.0244. The van der Waals surface area contributed by atoms with E-state index >= 15 is 0 Å². The van der Waals surface area contributed by atoms with Gasteiger partial charge in [-0.1, -0.05) is 25.1 Å². The maximum atomic E-state index is 12.6. The highest BCUT2D eigenvalue weighted by Gasteiger charge is 2.13. The summed E-state index contributed by atoms with van der Waals surface area (Å²) < 4.78 is 1.83. The van der Waals surface area contributed by atoms with Crippen LogP contribution in [-0.4, -0.2) is 4.57 Å². The smallest absolute Gasteiger partial charge is 0.255 e. The van der Waals surface area contributed by atoms with Gasteiger partial charge in [0.05, 0.1) is 18.2 Å². The van der Waals surface area contributed by atoms with Gasteiger partial charge in [0.25, 0.3) is 5.56 Å². The number of hydrogen-bond acceptors (Lipinski definition) is 2. The summed E-state index contributed by atoms with van der Waals surface area (Å²) in [7, 11) is 0. The van der Waals surface area contributed by atoms with E-state index in [1.807, 2.05) is 16.7 Å². The molecule has 0 N–H and O–H groups in total. The van der Waals surface area contributed by atoms with Crippen LogP contribution in [-0.2, 0) is 25.8 Å². The summed E-state index contributed by atoms with van der Waals surface area (Å²) in [5, 5.41) is 8.89. The number of aromatic nitrogens is 1. The molecule has 118 valence electrons. The van der Waals surface area contributed by atoms with Crippen LogP contribution in [0.15, 0.2) is 35.1 Å². The summed E-state index contributed by atoms with van der Waals surface area (Å²) in [5.74, 6) is 0. The molecule has 1 heterocycles. The molecule has 3 heteroatoms. The molecule has 2 aromatic rings. The van der Waals surface area contributed by atoms with Crippen LogP contribution in [0, 0.1) is 11.3 Å². The van der Waals surface area contributed by atoms with Crippen molar-refractivity contribution in [2.75, 3.05) is 0 Å². The van der Waals surface area contributed by atoms with Gasteiger partial charge in [-0.3, -0.25) is 4.79 Å². The lowest BCUT2D eigenvalue weighted by molar-refractivity contribution is 0.655. The Bertz CT molecular complexity index is 811. The van der Waals surface area contributed by atoms with Gasteiger partial charge in [-0.25, -0.2) is 0 Å². The second kappa shape index (κ2) is 6.83. The molecule has 0 bridgehead atoms. The average molecular weight is 306 g/mol. The van der Waals surface area contributed by atoms with Crippen LogP contribution < -0.4 is 5.56 Å². The van der Waals surface area contributed by atoms with Crippen LogP contribution in [0.5, 0.6) is 0 Å². The first-order valence-electron chi connectivity index (χ1n) is 8.46. The highest BCUT2D eigenvalue weighted by Crippen LogP contribution is 2.27. The van der Waals surface area contributed by atoms with Crippen LogP contribution in [0.4, 0.5) is 0 Å². The van der Waals surface area contributed by atoms with E-state index in [1.165, 1.54) is 30.4 Å². The molecule has 0 amide bonds. The maximum Gasteiger partial charge on any atom is 0.255 e. The Kier molecular flexibility index (Phi) is 4.62. The number of nitrogens with zero attached hydrogens (tertiary/aromatic N) is 2. The Labute approximate surface area is 137 Å². The predicted octanol–water partition coefficient (Wildman–Crippen LogP) is 3.87. The SMILES string of the molecule is CCCn1c(-c2ccc3c(c2)CCCC3)ccc(CC#N)c1=O. The van der Waals surface area contributed by atoms with Gasteiger partial charge in [0.1, 0.15) is 0 Å². The van der Waals surface area contributed by atoms with Crippen molar-refractivity contribution in [3.05, 3.63) is 57.4 Å². The van der Waals surface area contributed by atoms with E-state index in [4.69, 9.17) is 5.26 Å². The number of hydrogen-bond donors (Lipinski definition) is 0. The van der Waals surface area contributed by atoms with Gasteiger partial charge in [0.15, 0.2) is 0 Å². The van der Waals surface area contributed by atoms with Crippen LogP contribution >= 0.6 is 0 Å². The lowest BCUT2D eigenvalue weighted by atomic mass is 9.90. The number of pyridine rings is 1. The molecule has 1 aromatic heterocycles. The van der Waals surface area contributed by atoms with Gasteiger partial charge in [-0.2, -0.15) is 5.26 Å². The molecule has 0 aliphatic heterocycles. The monoisotopic (exact) mass is 306 g/mol. The predicted molar refractivity (Wildman–Crippen MR) is 92.4 cm³/mol. The van der Waals surface area contributed by atoms with Gasteiger partial charge >= 0.3 is 0 Å². The molecule has 3 nitrogen and oxygen atoms in total. The van der Waals surface area contributed by atoms with Crippen molar-refractivity contribution in [2.24, 2.45) is 0 Å². The van der Waals surface area contributed by atoms with Crippen molar-refractivity contribution in [3.8, 4) is 17.3 Å². The standard InChI is InChI=1S/C20H22N2O/c1-2-13-22-19(10-9-16(11-12-21)20(22)23)18-8-7-15-5-3-4-6-17(15)14-18/h7-10,14H,2-6,11,13H2,1H3. The Hall–Kier alpha value is -2.34. The molecule has 0 atom stereocenters. The maximum absolute atomic E-state index is 12.6. The van der Waals surface area contributed by atoms with E-state index in [-0.39, 0.29) is 12.0 Å². The van der Waals surface area contributed by atoms with Gasteiger partial charge < -0.3 is 4.57 Å². The first-order valence-corrected chi connectivity index (χ1v) is 8.46. The molecule has 0 saturated heterocycles. The average Bonchev–Trinajstić information content (AvgIpc) is 2.58. The molecule has 0 spiro atoms. The molecule has 1 aliphatic carbocycles. The molecule has 0 fully saturated rings. The summed E-state index contributed by atoms with van der Waals surface area (Å²) in [6.07, 6.45) is 5.89. The van der Waals surface area contributed by atoms with Crippen LogP contribution in [0.25, 0.3) is 11.3 Å². The highest BCUT2D eigenvalue weighted by molar-refractivity contribution is 5.62. The van der Waals surface area contributed by atoms with E-state index in [0.717, 1.165) is 24.1 Å². The van der Waals surface area contributed by atoms with Gasteiger partial charge in [0.2, 0.25) is 0 Å². The Morgan fingerprint density at radius 3 is 2.65 bits per heavy atom. The van der Waals surface area contributed by atoms with E-state index in [9.17, 15) is 4.79 Å². The van der Waals surface area contributed by atoms with Crippen molar-refractivity contribution >= 4 is 0 Å². The Balaban J connectivity index is 2.10. The zero-order chi connectivity index (χ0) is 16.2. The molecule has 0 unspecified atom stereocenters. The third-order valence-electron chi connectivity index (χ3n) is 4.61. The molecule has 0 saturated carbocycles. The zero-order valence-electron chi connectivity index (χ0n) is 13.6. The third kappa shape index (κ3) is 3.07. The molecule has 23 heavy (non-hydrogen) atoms. The normalized spacial score (nSPS) is 13.4. The van der Waals surface area contributed by atoms with Crippen molar-refractivity contribution in [3.63, 3.8) is 0 Å². The number of fused-ring (bicyclic) bond motifs is 1. The lowest BCUT2D eigenvalue weighted by Crippen LogP contribution is -2.25. The topological polar surface area (TPSA) is 45.8 Å². The number of benzene rings is 1. The minimum Gasteiger partial charge on any atom is -0.308 e. The summed E-state index contributed by atoms with van der Waals surface area (Å²) >= 11 is 0.